The molecule has 0 radical (unpaired) electrons. The summed E-state index contributed by atoms with van der Waals surface area (Å²) in [5.74, 6) is 0.516. The van der Waals surface area contributed by atoms with Gasteiger partial charge in [0.05, 0.1) is 12.7 Å². The van der Waals surface area contributed by atoms with Gasteiger partial charge in [0.2, 0.25) is 0 Å². The third-order valence-corrected chi connectivity index (χ3v) is 4.52. The monoisotopic (exact) mass is 290 g/mol. The maximum Gasteiger partial charge on any atom is 0.257 e. The van der Waals surface area contributed by atoms with E-state index in [1.165, 1.54) is 12.5 Å². The van der Waals surface area contributed by atoms with Gasteiger partial charge in [0, 0.05) is 25.7 Å². The zero-order valence-corrected chi connectivity index (χ0v) is 12.4. The van der Waals surface area contributed by atoms with Crippen molar-refractivity contribution in [3.8, 4) is 11.5 Å². The molecule has 0 spiro atoms. The first-order valence-corrected chi connectivity index (χ1v) is 7.59. The highest BCUT2D eigenvalue weighted by Gasteiger charge is 2.31. The molecule has 2 aliphatic rings. The molecule has 1 amide bonds. The number of methoxy groups -OCH3 is 1. The molecule has 2 fully saturated rings. The predicted octanol–water partition coefficient (Wildman–Crippen LogP) is 1.71. The van der Waals surface area contributed by atoms with E-state index in [2.05, 4.69) is 4.90 Å². The summed E-state index contributed by atoms with van der Waals surface area (Å²) in [4.78, 5) is 17.1. The normalized spacial score (nSPS) is 22.7. The van der Waals surface area contributed by atoms with Crippen LogP contribution in [0.25, 0.3) is 0 Å². The van der Waals surface area contributed by atoms with E-state index in [-0.39, 0.29) is 11.7 Å². The minimum Gasteiger partial charge on any atom is -0.507 e. The summed E-state index contributed by atoms with van der Waals surface area (Å²) in [7, 11) is 1.56. The van der Waals surface area contributed by atoms with Crippen LogP contribution in [0.5, 0.6) is 11.5 Å². The van der Waals surface area contributed by atoms with Crippen molar-refractivity contribution in [3.63, 3.8) is 0 Å². The Labute approximate surface area is 125 Å². The van der Waals surface area contributed by atoms with Crippen LogP contribution in [0.1, 0.15) is 29.6 Å². The molecule has 5 nitrogen and oxygen atoms in total. The topological polar surface area (TPSA) is 53.0 Å². The number of carbonyl (C=O) groups excluding carboxylic acids is 1. The van der Waals surface area contributed by atoms with E-state index in [0.29, 0.717) is 17.4 Å². The standard InChI is InChI=1S/C16H22N2O3/c1-21-13-5-6-15(19)14(10-13)16(20)18-9-3-8-17-7-2-4-12(17)11-18/h5-6,10,12,19H,2-4,7-9,11H2,1H3. The summed E-state index contributed by atoms with van der Waals surface area (Å²) < 4.78 is 5.15. The summed E-state index contributed by atoms with van der Waals surface area (Å²) in [5.41, 5.74) is 0.334. The largest absolute Gasteiger partial charge is 0.507 e. The Bertz CT molecular complexity index is 532. The van der Waals surface area contributed by atoms with Gasteiger partial charge in [0.15, 0.2) is 0 Å². The average molecular weight is 290 g/mol. The number of carbonyl (C=O) groups is 1. The number of phenols is 1. The second-order valence-corrected chi connectivity index (χ2v) is 5.82. The Morgan fingerprint density at radius 1 is 1.29 bits per heavy atom. The maximum absolute atomic E-state index is 12.7. The summed E-state index contributed by atoms with van der Waals surface area (Å²) >= 11 is 0. The third kappa shape index (κ3) is 2.83. The van der Waals surface area contributed by atoms with Gasteiger partial charge in [-0.3, -0.25) is 9.69 Å². The van der Waals surface area contributed by atoms with Crippen molar-refractivity contribution in [1.29, 1.82) is 0 Å². The van der Waals surface area contributed by atoms with Gasteiger partial charge in [-0.15, -0.1) is 0 Å². The molecule has 114 valence electrons. The predicted molar refractivity (Wildman–Crippen MR) is 79.8 cm³/mol. The van der Waals surface area contributed by atoms with Crippen molar-refractivity contribution < 1.29 is 14.6 Å². The van der Waals surface area contributed by atoms with Gasteiger partial charge in [-0.1, -0.05) is 0 Å². The van der Waals surface area contributed by atoms with Crippen LogP contribution < -0.4 is 4.74 Å². The zero-order chi connectivity index (χ0) is 14.8. The summed E-state index contributed by atoms with van der Waals surface area (Å²) in [6.07, 6.45) is 3.37. The van der Waals surface area contributed by atoms with Gasteiger partial charge in [0.1, 0.15) is 11.5 Å². The number of hydrogen-bond donors (Lipinski definition) is 1. The van der Waals surface area contributed by atoms with Gasteiger partial charge < -0.3 is 14.7 Å². The molecule has 0 aromatic heterocycles. The smallest absolute Gasteiger partial charge is 0.257 e. The number of nitrogens with zero attached hydrogens (tertiary/aromatic N) is 2. The lowest BCUT2D eigenvalue weighted by Gasteiger charge is -2.26. The molecule has 3 rings (SSSR count). The minimum atomic E-state index is -0.0971. The number of rotatable bonds is 2. The molecule has 0 bridgehead atoms. The highest BCUT2D eigenvalue weighted by molar-refractivity contribution is 5.97. The summed E-state index contributed by atoms with van der Waals surface area (Å²) in [6.45, 7) is 3.73. The molecule has 5 heteroatoms. The quantitative estimate of drug-likeness (QED) is 0.901. The van der Waals surface area contributed by atoms with E-state index in [0.717, 1.165) is 39.0 Å². The molecule has 1 aromatic carbocycles. The number of hydrogen-bond acceptors (Lipinski definition) is 4. The summed E-state index contributed by atoms with van der Waals surface area (Å²) in [5, 5.41) is 9.98. The lowest BCUT2D eigenvalue weighted by molar-refractivity contribution is 0.0740. The SMILES string of the molecule is COc1ccc(O)c(C(=O)N2CCCN3CCCC3C2)c1. The third-order valence-electron chi connectivity index (χ3n) is 4.52. The molecular weight excluding hydrogens is 268 g/mol. The molecule has 2 heterocycles. The fourth-order valence-corrected chi connectivity index (χ4v) is 3.37. The minimum absolute atomic E-state index is 0.0216. The first-order chi connectivity index (χ1) is 10.2. The fourth-order valence-electron chi connectivity index (χ4n) is 3.37. The van der Waals surface area contributed by atoms with Gasteiger partial charge in [0.25, 0.3) is 5.91 Å². The Kier molecular flexibility index (Phi) is 4.01. The molecule has 1 N–H and O–H groups in total. The van der Waals surface area contributed by atoms with Gasteiger partial charge in [-0.2, -0.15) is 0 Å². The van der Waals surface area contributed by atoms with E-state index in [1.807, 2.05) is 4.90 Å². The number of benzene rings is 1. The van der Waals surface area contributed by atoms with Gasteiger partial charge >= 0.3 is 0 Å². The van der Waals surface area contributed by atoms with E-state index in [9.17, 15) is 9.90 Å². The molecule has 2 aliphatic heterocycles. The fraction of sp³-hybridized carbons (Fsp3) is 0.562. The van der Waals surface area contributed by atoms with E-state index in [1.54, 1.807) is 19.2 Å². The molecule has 2 saturated heterocycles. The van der Waals surface area contributed by atoms with Crippen molar-refractivity contribution >= 4 is 5.91 Å². The molecule has 1 atom stereocenters. The van der Waals surface area contributed by atoms with Gasteiger partial charge in [-0.05, 0) is 44.0 Å². The molecular formula is C16H22N2O3. The highest BCUT2D eigenvalue weighted by atomic mass is 16.5. The number of fused-ring (bicyclic) bond motifs is 1. The lowest BCUT2D eigenvalue weighted by Crippen LogP contribution is -2.39. The van der Waals surface area contributed by atoms with Crippen LogP contribution in [0, 0.1) is 0 Å². The lowest BCUT2D eigenvalue weighted by atomic mass is 10.1. The Morgan fingerprint density at radius 2 is 2.10 bits per heavy atom. The highest BCUT2D eigenvalue weighted by Crippen LogP contribution is 2.27. The van der Waals surface area contributed by atoms with Crippen LogP contribution in [-0.4, -0.2) is 60.1 Å². The van der Waals surface area contributed by atoms with Crippen molar-refractivity contribution in [2.75, 3.05) is 33.3 Å². The molecule has 21 heavy (non-hydrogen) atoms. The molecule has 0 saturated carbocycles. The maximum atomic E-state index is 12.7. The van der Waals surface area contributed by atoms with Crippen LogP contribution in [0.15, 0.2) is 18.2 Å². The van der Waals surface area contributed by atoms with Gasteiger partial charge in [-0.25, -0.2) is 0 Å². The van der Waals surface area contributed by atoms with E-state index < -0.39 is 0 Å². The second kappa shape index (κ2) is 5.93. The van der Waals surface area contributed by atoms with Crippen LogP contribution in [0.2, 0.25) is 0 Å². The summed E-state index contributed by atoms with van der Waals surface area (Å²) in [6, 6.07) is 5.28. The number of ether oxygens (including phenoxy) is 1. The van der Waals surface area contributed by atoms with Crippen LogP contribution >= 0.6 is 0 Å². The van der Waals surface area contributed by atoms with Crippen molar-refractivity contribution in [3.05, 3.63) is 23.8 Å². The molecule has 0 aliphatic carbocycles. The van der Waals surface area contributed by atoms with Crippen LogP contribution in [0.4, 0.5) is 0 Å². The Morgan fingerprint density at radius 3 is 2.90 bits per heavy atom. The zero-order valence-electron chi connectivity index (χ0n) is 12.4. The van der Waals surface area contributed by atoms with Crippen molar-refractivity contribution in [2.45, 2.75) is 25.3 Å². The van der Waals surface area contributed by atoms with Crippen molar-refractivity contribution in [2.24, 2.45) is 0 Å². The Hall–Kier alpha value is -1.75. The first-order valence-electron chi connectivity index (χ1n) is 7.59. The van der Waals surface area contributed by atoms with Crippen LogP contribution in [0.3, 0.4) is 0 Å². The number of aromatic hydroxyl groups is 1. The second-order valence-electron chi connectivity index (χ2n) is 5.82. The Balaban J connectivity index is 1.80. The molecule has 1 aromatic rings. The molecule has 1 unspecified atom stereocenters. The first kappa shape index (κ1) is 14.2. The van der Waals surface area contributed by atoms with Crippen LogP contribution in [-0.2, 0) is 0 Å². The average Bonchev–Trinajstić information content (AvgIpc) is 2.84. The van der Waals surface area contributed by atoms with E-state index in [4.69, 9.17) is 4.74 Å². The van der Waals surface area contributed by atoms with Crippen molar-refractivity contribution in [1.82, 2.24) is 9.80 Å². The van der Waals surface area contributed by atoms with E-state index >= 15 is 0 Å². The number of phenolic OH excluding ortho intramolecular Hbond substituents is 1. The number of amides is 1.